The van der Waals surface area contributed by atoms with Gasteiger partial charge in [-0.15, -0.1) is 11.3 Å². The maximum atomic E-state index is 12.0. The Morgan fingerprint density at radius 1 is 1.68 bits per heavy atom. The molecule has 1 unspecified atom stereocenters. The molecule has 0 spiro atoms. The highest BCUT2D eigenvalue weighted by atomic mass is 32.1. The number of hydrogen-bond acceptors (Lipinski definition) is 5. The SMILES string of the molecule is COCCN1CC(C(=O)Nc2nc(C)cs2)CC1=O. The lowest BCUT2D eigenvalue weighted by atomic mass is 10.1. The van der Waals surface area contributed by atoms with E-state index in [1.54, 1.807) is 12.0 Å². The fourth-order valence-electron chi connectivity index (χ4n) is 1.98. The number of methoxy groups -OCH3 is 1. The number of ether oxygens (including phenoxy) is 1. The summed E-state index contributed by atoms with van der Waals surface area (Å²) < 4.78 is 4.94. The summed E-state index contributed by atoms with van der Waals surface area (Å²) >= 11 is 1.39. The van der Waals surface area contributed by atoms with Gasteiger partial charge in [-0.05, 0) is 6.92 Å². The lowest BCUT2D eigenvalue weighted by Crippen LogP contribution is -2.30. The summed E-state index contributed by atoms with van der Waals surface area (Å²) in [4.78, 5) is 29.6. The van der Waals surface area contributed by atoms with E-state index in [4.69, 9.17) is 4.74 Å². The van der Waals surface area contributed by atoms with Gasteiger partial charge in [-0.2, -0.15) is 0 Å². The van der Waals surface area contributed by atoms with E-state index in [1.807, 2.05) is 12.3 Å². The van der Waals surface area contributed by atoms with Crippen molar-refractivity contribution in [3.63, 3.8) is 0 Å². The molecule has 1 aliphatic rings. The molecule has 1 aromatic heterocycles. The minimum absolute atomic E-state index is 0.00696. The normalized spacial score (nSPS) is 18.9. The molecule has 0 aliphatic carbocycles. The van der Waals surface area contributed by atoms with Crippen LogP contribution in [0.1, 0.15) is 12.1 Å². The van der Waals surface area contributed by atoms with Gasteiger partial charge in [0.2, 0.25) is 11.8 Å². The van der Waals surface area contributed by atoms with Crippen molar-refractivity contribution in [2.24, 2.45) is 5.92 Å². The number of carbonyl (C=O) groups is 2. The van der Waals surface area contributed by atoms with E-state index in [0.29, 0.717) is 24.8 Å². The van der Waals surface area contributed by atoms with E-state index in [9.17, 15) is 9.59 Å². The van der Waals surface area contributed by atoms with Gasteiger partial charge in [-0.25, -0.2) is 4.98 Å². The number of thiazole rings is 1. The first-order valence-corrected chi connectivity index (χ1v) is 6.98. The summed E-state index contributed by atoms with van der Waals surface area (Å²) in [6, 6.07) is 0. The third kappa shape index (κ3) is 3.51. The van der Waals surface area contributed by atoms with Gasteiger partial charge in [0.25, 0.3) is 0 Å². The molecule has 0 saturated carbocycles. The molecule has 2 heterocycles. The molecule has 0 radical (unpaired) electrons. The second-order valence-corrected chi connectivity index (χ2v) is 5.37. The Morgan fingerprint density at radius 3 is 3.11 bits per heavy atom. The van der Waals surface area contributed by atoms with Crippen LogP contribution in [0.25, 0.3) is 0 Å². The van der Waals surface area contributed by atoms with Crippen LogP contribution in [0.2, 0.25) is 0 Å². The fourth-order valence-corrected chi connectivity index (χ4v) is 2.68. The molecule has 0 bridgehead atoms. The standard InChI is InChI=1S/C12H17N3O3S/c1-8-7-19-12(13-8)14-11(17)9-5-10(16)15(6-9)3-4-18-2/h7,9H,3-6H2,1-2H3,(H,13,14,17). The Hall–Kier alpha value is -1.47. The lowest BCUT2D eigenvalue weighted by Gasteiger charge is -2.15. The minimum Gasteiger partial charge on any atom is -0.383 e. The molecule has 1 fully saturated rings. The number of nitrogens with one attached hydrogen (secondary N) is 1. The monoisotopic (exact) mass is 283 g/mol. The summed E-state index contributed by atoms with van der Waals surface area (Å²) in [6.45, 7) is 3.36. The Morgan fingerprint density at radius 2 is 2.47 bits per heavy atom. The molecular weight excluding hydrogens is 266 g/mol. The van der Waals surface area contributed by atoms with Gasteiger partial charge in [-0.1, -0.05) is 0 Å². The van der Waals surface area contributed by atoms with Crippen molar-refractivity contribution in [1.82, 2.24) is 9.88 Å². The molecule has 1 saturated heterocycles. The van der Waals surface area contributed by atoms with E-state index in [2.05, 4.69) is 10.3 Å². The molecule has 1 N–H and O–H groups in total. The van der Waals surface area contributed by atoms with Crippen LogP contribution in [0.4, 0.5) is 5.13 Å². The third-order valence-electron chi connectivity index (χ3n) is 3.00. The van der Waals surface area contributed by atoms with E-state index in [1.165, 1.54) is 11.3 Å². The molecule has 19 heavy (non-hydrogen) atoms. The predicted octanol–water partition coefficient (Wildman–Crippen LogP) is 0.885. The predicted molar refractivity (Wildman–Crippen MR) is 72.0 cm³/mol. The zero-order chi connectivity index (χ0) is 13.8. The molecule has 104 valence electrons. The van der Waals surface area contributed by atoms with Crippen LogP contribution in [0.15, 0.2) is 5.38 Å². The van der Waals surface area contributed by atoms with Gasteiger partial charge in [0.05, 0.1) is 18.2 Å². The van der Waals surface area contributed by atoms with Crippen molar-refractivity contribution in [2.75, 3.05) is 32.1 Å². The van der Waals surface area contributed by atoms with Gasteiger partial charge in [-0.3, -0.25) is 9.59 Å². The highest BCUT2D eigenvalue weighted by Crippen LogP contribution is 2.21. The first-order chi connectivity index (χ1) is 9.10. The van der Waals surface area contributed by atoms with Crippen LogP contribution < -0.4 is 5.32 Å². The lowest BCUT2D eigenvalue weighted by molar-refractivity contribution is -0.128. The zero-order valence-electron chi connectivity index (χ0n) is 11.0. The van der Waals surface area contributed by atoms with Crippen molar-refractivity contribution in [2.45, 2.75) is 13.3 Å². The summed E-state index contributed by atoms with van der Waals surface area (Å²) in [5.74, 6) is -0.427. The van der Waals surface area contributed by atoms with E-state index >= 15 is 0 Å². The van der Waals surface area contributed by atoms with Crippen LogP contribution in [-0.2, 0) is 14.3 Å². The number of rotatable bonds is 5. The summed E-state index contributed by atoms with van der Waals surface area (Å²) in [5, 5.41) is 5.22. The molecule has 1 aliphatic heterocycles. The molecular formula is C12H17N3O3S. The van der Waals surface area contributed by atoms with Crippen LogP contribution in [-0.4, -0.2) is 48.5 Å². The third-order valence-corrected chi connectivity index (χ3v) is 3.88. The van der Waals surface area contributed by atoms with Crippen molar-refractivity contribution >= 4 is 28.3 Å². The van der Waals surface area contributed by atoms with Crippen LogP contribution in [0, 0.1) is 12.8 Å². The van der Waals surface area contributed by atoms with Gasteiger partial charge < -0.3 is 15.0 Å². The first kappa shape index (κ1) is 14.0. The topological polar surface area (TPSA) is 71.5 Å². The summed E-state index contributed by atoms with van der Waals surface area (Å²) in [5.41, 5.74) is 0.879. The van der Waals surface area contributed by atoms with Crippen molar-refractivity contribution in [1.29, 1.82) is 0 Å². The zero-order valence-corrected chi connectivity index (χ0v) is 11.8. The second kappa shape index (κ2) is 6.12. The van der Waals surface area contributed by atoms with E-state index in [0.717, 1.165) is 5.69 Å². The molecule has 1 atom stereocenters. The molecule has 2 rings (SSSR count). The molecule has 7 heteroatoms. The Kier molecular flexibility index (Phi) is 4.49. The minimum atomic E-state index is -0.298. The van der Waals surface area contributed by atoms with E-state index < -0.39 is 0 Å². The van der Waals surface area contributed by atoms with Gasteiger partial charge in [0.15, 0.2) is 5.13 Å². The summed E-state index contributed by atoms with van der Waals surface area (Å²) in [7, 11) is 1.59. The van der Waals surface area contributed by atoms with Crippen LogP contribution in [0.3, 0.4) is 0 Å². The van der Waals surface area contributed by atoms with Gasteiger partial charge >= 0.3 is 0 Å². The number of amides is 2. The number of nitrogens with zero attached hydrogens (tertiary/aromatic N) is 2. The smallest absolute Gasteiger partial charge is 0.231 e. The number of hydrogen-bond donors (Lipinski definition) is 1. The largest absolute Gasteiger partial charge is 0.383 e. The average molecular weight is 283 g/mol. The quantitative estimate of drug-likeness (QED) is 0.871. The van der Waals surface area contributed by atoms with Gasteiger partial charge in [0.1, 0.15) is 0 Å². The molecule has 1 aromatic rings. The maximum Gasteiger partial charge on any atom is 0.231 e. The Balaban J connectivity index is 1.89. The fraction of sp³-hybridized carbons (Fsp3) is 0.583. The number of aryl methyl sites for hydroxylation is 1. The maximum absolute atomic E-state index is 12.0. The number of likely N-dealkylation sites (tertiary alicyclic amines) is 1. The highest BCUT2D eigenvalue weighted by molar-refractivity contribution is 7.13. The Labute approximate surface area is 115 Å². The molecule has 6 nitrogen and oxygen atoms in total. The molecule has 2 amide bonds. The van der Waals surface area contributed by atoms with Crippen LogP contribution in [0.5, 0.6) is 0 Å². The van der Waals surface area contributed by atoms with Crippen molar-refractivity contribution in [3.05, 3.63) is 11.1 Å². The first-order valence-electron chi connectivity index (χ1n) is 6.10. The Bertz CT molecular complexity index is 475. The number of carbonyl (C=O) groups excluding carboxylic acids is 2. The van der Waals surface area contributed by atoms with E-state index in [-0.39, 0.29) is 24.2 Å². The summed E-state index contributed by atoms with van der Waals surface area (Å²) in [6.07, 6.45) is 0.264. The highest BCUT2D eigenvalue weighted by Gasteiger charge is 2.34. The van der Waals surface area contributed by atoms with Gasteiger partial charge in [0, 0.05) is 32.0 Å². The second-order valence-electron chi connectivity index (χ2n) is 4.52. The van der Waals surface area contributed by atoms with Crippen molar-refractivity contribution < 1.29 is 14.3 Å². The number of anilines is 1. The van der Waals surface area contributed by atoms with Crippen molar-refractivity contribution in [3.8, 4) is 0 Å². The molecule has 0 aromatic carbocycles. The average Bonchev–Trinajstić information content (AvgIpc) is 2.93. The number of aromatic nitrogens is 1. The van der Waals surface area contributed by atoms with Crippen LogP contribution >= 0.6 is 11.3 Å².